The summed E-state index contributed by atoms with van der Waals surface area (Å²) >= 11 is 1.83. The summed E-state index contributed by atoms with van der Waals surface area (Å²) in [7, 11) is 1.73. The minimum atomic E-state index is -1.18. The quantitative estimate of drug-likeness (QED) is 0.326. The number of carbonyl (C=O) groups is 2. The van der Waals surface area contributed by atoms with E-state index in [9.17, 15) is 14.7 Å². The van der Waals surface area contributed by atoms with E-state index in [0.29, 0.717) is 30.1 Å². The lowest BCUT2D eigenvalue weighted by atomic mass is 9.43. The highest BCUT2D eigenvalue weighted by Gasteiger charge is 2.84. The predicted molar refractivity (Wildman–Crippen MR) is 128 cm³/mol. The number of thioether (sulfide) groups is 1. The second-order valence-electron chi connectivity index (χ2n) is 12.3. The number of allylic oxidation sites excluding steroid dienone is 1. The number of carbonyl (C=O) groups excluding carboxylic acids is 1. The van der Waals surface area contributed by atoms with Crippen molar-refractivity contribution in [2.75, 3.05) is 13.7 Å². The molecule has 2 aliphatic heterocycles. The van der Waals surface area contributed by atoms with Crippen LogP contribution in [0.1, 0.15) is 53.4 Å². The molecule has 0 aromatic heterocycles. The zero-order valence-electron chi connectivity index (χ0n) is 20.9. The molecule has 4 aliphatic carbocycles. The Hall–Kier alpha value is -0.890. The van der Waals surface area contributed by atoms with Crippen LogP contribution >= 0.6 is 11.8 Å². The minimum absolute atomic E-state index is 0.0550. The van der Waals surface area contributed by atoms with Crippen molar-refractivity contribution < 1.29 is 28.9 Å². The van der Waals surface area contributed by atoms with Crippen molar-refractivity contribution >= 4 is 24.0 Å². The lowest BCUT2D eigenvalue weighted by Crippen LogP contribution is -2.63. The summed E-state index contributed by atoms with van der Waals surface area (Å²) in [4.78, 5) is 26.6. The van der Waals surface area contributed by atoms with E-state index in [0.717, 1.165) is 31.1 Å². The minimum Gasteiger partial charge on any atom is -0.481 e. The standard InChI is InChI=1S/C27H38O6S/c1-13(2)19-8-16-9-25(11-28)18-7-6-14(3)17(18)10-26(16,27(19,25)24(29)30)12-32-23-22-21(34-22)20(31-5)15(4)33-23/h8,11,13-18,20-23H,6-7,9-10,12H2,1-5H3,(H,29,30)/t14?,15-,16?,17?,18?,20-,21+,22+,23-,25?,26?,27?/m1/s1. The predicted octanol–water partition coefficient (Wildman–Crippen LogP) is 4.17. The van der Waals surface area contributed by atoms with Crippen LogP contribution in [0.2, 0.25) is 0 Å². The first-order valence-corrected chi connectivity index (χ1v) is 14.0. The van der Waals surface area contributed by atoms with E-state index in [-0.39, 0.29) is 41.5 Å². The van der Waals surface area contributed by atoms with Gasteiger partial charge >= 0.3 is 5.97 Å². The molecular weight excluding hydrogens is 452 g/mol. The molecule has 0 amide bonds. The zero-order chi connectivity index (χ0) is 24.2. The van der Waals surface area contributed by atoms with Crippen molar-refractivity contribution in [1.82, 2.24) is 0 Å². The number of hydrogen-bond donors (Lipinski definition) is 1. The number of aliphatic carboxylic acids is 1. The van der Waals surface area contributed by atoms with E-state index in [1.54, 1.807) is 7.11 Å². The third kappa shape index (κ3) is 2.55. The topological polar surface area (TPSA) is 82.1 Å². The number of carboxylic acids is 1. The second kappa shape index (κ2) is 7.56. The van der Waals surface area contributed by atoms with Gasteiger partial charge in [-0.05, 0) is 55.8 Å². The Morgan fingerprint density at radius 3 is 2.71 bits per heavy atom. The molecule has 0 aromatic carbocycles. The first-order valence-electron chi connectivity index (χ1n) is 13.1. The molecule has 1 N–H and O–H groups in total. The molecular formula is C27H38O6S. The van der Waals surface area contributed by atoms with Gasteiger partial charge in [-0.25, -0.2) is 0 Å². The first kappa shape index (κ1) is 23.5. The fourth-order valence-electron chi connectivity index (χ4n) is 9.58. The fraction of sp³-hybridized carbons (Fsp3) is 0.852. The van der Waals surface area contributed by atoms with Crippen molar-refractivity contribution in [2.24, 2.45) is 45.8 Å². The third-order valence-corrected chi connectivity index (χ3v) is 12.3. The van der Waals surface area contributed by atoms with E-state index >= 15 is 0 Å². The van der Waals surface area contributed by atoms with E-state index in [1.165, 1.54) is 0 Å². The summed E-state index contributed by atoms with van der Waals surface area (Å²) < 4.78 is 18.5. The smallest absolute Gasteiger partial charge is 0.315 e. The van der Waals surface area contributed by atoms with Gasteiger partial charge in [0, 0.05) is 12.5 Å². The van der Waals surface area contributed by atoms with E-state index < -0.39 is 22.2 Å². The lowest BCUT2D eigenvalue weighted by Gasteiger charge is -2.58. The van der Waals surface area contributed by atoms with Crippen molar-refractivity contribution in [3.8, 4) is 0 Å². The Kier molecular flexibility index (Phi) is 5.23. The van der Waals surface area contributed by atoms with E-state index in [4.69, 9.17) is 14.2 Å². The zero-order valence-corrected chi connectivity index (χ0v) is 21.7. The monoisotopic (exact) mass is 490 g/mol. The SMILES string of the molecule is CO[C@H]1[C@@H]2S[C@@H]2[C@H](OCC23CC4C(C)CCC4C4(C=O)CC2C=C(C(C)C)C43C(=O)O)O[C@@H]1C. The number of ether oxygens (including phenoxy) is 3. The Balaban J connectivity index is 1.40. The van der Waals surface area contributed by atoms with E-state index in [1.807, 2.05) is 18.7 Å². The molecule has 6 nitrogen and oxygen atoms in total. The molecule has 5 fully saturated rings. The number of aldehydes is 1. The Morgan fingerprint density at radius 2 is 2.06 bits per heavy atom. The van der Waals surface area contributed by atoms with Crippen LogP contribution in [0.4, 0.5) is 0 Å². The maximum Gasteiger partial charge on any atom is 0.315 e. The van der Waals surface area contributed by atoms with E-state index in [2.05, 4.69) is 26.8 Å². The molecule has 6 aliphatic rings. The molecule has 7 unspecified atom stereocenters. The second-order valence-corrected chi connectivity index (χ2v) is 13.6. The van der Waals surface area contributed by atoms with Gasteiger partial charge in [0.05, 0.1) is 34.7 Å². The maximum atomic E-state index is 13.5. The summed E-state index contributed by atoms with van der Waals surface area (Å²) in [5.74, 6) is 0.335. The molecule has 0 aromatic rings. The molecule has 0 spiro atoms. The molecule has 34 heavy (non-hydrogen) atoms. The highest BCUT2D eigenvalue weighted by atomic mass is 32.2. The Morgan fingerprint density at radius 1 is 1.29 bits per heavy atom. The lowest BCUT2D eigenvalue weighted by molar-refractivity contribution is -0.235. The largest absolute Gasteiger partial charge is 0.481 e. The van der Waals surface area contributed by atoms with Crippen LogP contribution in [0.3, 0.4) is 0 Å². The van der Waals surface area contributed by atoms with Crippen LogP contribution in [0.15, 0.2) is 11.6 Å². The first-order chi connectivity index (χ1) is 16.2. The Labute approximate surface area is 206 Å². The third-order valence-electron chi connectivity index (χ3n) is 10.9. The summed E-state index contributed by atoms with van der Waals surface area (Å²) in [6.45, 7) is 8.81. The molecule has 2 saturated heterocycles. The summed E-state index contributed by atoms with van der Waals surface area (Å²) in [6, 6.07) is 0. The van der Waals surface area contributed by atoms with Crippen molar-refractivity contribution in [2.45, 2.75) is 82.4 Å². The number of methoxy groups -OCH3 is 1. The van der Waals surface area contributed by atoms with Gasteiger partial charge in [-0.3, -0.25) is 4.79 Å². The van der Waals surface area contributed by atoms with Gasteiger partial charge in [0.25, 0.3) is 0 Å². The molecule has 188 valence electrons. The number of hydrogen-bond acceptors (Lipinski definition) is 6. The van der Waals surface area contributed by atoms with Gasteiger partial charge in [-0.15, -0.1) is 11.8 Å². The molecule has 7 heteroatoms. The van der Waals surface area contributed by atoms with Gasteiger partial charge < -0.3 is 24.1 Å². The fourth-order valence-corrected chi connectivity index (χ4v) is 10.9. The summed E-state index contributed by atoms with van der Waals surface area (Å²) in [6.07, 6.45) is 6.44. The van der Waals surface area contributed by atoms with Crippen LogP contribution in [0.25, 0.3) is 0 Å². The van der Waals surface area contributed by atoms with Crippen LogP contribution in [-0.4, -0.2) is 60.1 Å². The van der Waals surface area contributed by atoms with Gasteiger partial charge in [-0.1, -0.05) is 38.8 Å². The number of carboxylic acid groups (broad SMARTS) is 1. The molecule has 4 bridgehead atoms. The van der Waals surface area contributed by atoms with Crippen molar-refractivity contribution in [3.63, 3.8) is 0 Å². The number of fused-ring (bicyclic) bond motifs is 3. The van der Waals surface area contributed by atoms with Gasteiger partial charge in [0.2, 0.25) is 0 Å². The number of rotatable bonds is 7. The average molecular weight is 491 g/mol. The van der Waals surface area contributed by atoms with Gasteiger partial charge in [0.15, 0.2) is 6.29 Å². The van der Waals surface area contributed by atoms with Crippen molar-refractivity contribution in [1.29, 1.82) is 0 Å². The highest BCUT2D eigenvalue weighted by molar-refractivity contribution is 8.07. The average Bonchev–Trinajstić information content (AvgIpc) is 3.39. The molecule has 3 saturated carbocycles. The van der Waals surface area contributed by atoms with Crippen LogP contribution in [0, 0.1) is 45.8 Å². The van der Waals surface area contributed by atoms with Gasteiger partial charge in [-0.2, -0.15) is 0 Å². The summed E-state index contributed by atoms with van der Waals surface area (Å²) in [5.41, 5.74) is -1.66. The van der Waals surface area contributed by atoms with Crippen LogP contribution < -0.4 is 0 Å². The molecule has 12 atom stereocenters. The normalized spacial score (nSPS) is 54.5. The van der Waals surface area contributed by atoms with Gasteiger partial charge in [0.1, 0.15) is 11.7 Å². The molecule has 2 heterocycles. The highest BCUT2D eigenvalue weighted by Crippen LogP contribution is 2.82. The molecule has 6 rings (SSSR count). The van der Waals surface area contributed by atoms with Crippen LogP contribution in [0.5, 0.6) is 0 Å². The van der Waals surface area contributed by atoms with Crippen molar-refractivity contribution in [3.05, 3.63) is 11.6 Å². The van der Waals surface area contributed by atoms with Crippen LogP contribution in [-0.2, 0) is 23.8 Å². The Bertz CT molecular complexity index is 932. The molecule has 0 radical (unpaired) electrons. The summed E-state index contributed by atoms with van der Waals surface area (Å²) in [5, 5.41) is 11.7. The maximum absolute atomic E-state index is 13.5.